The molecule has 2 fully saturated rings. The molecule has 3 aliphatic heterocycles. The molecule has 4 heterocycles. The summed E-state index contributed by atoms with van der Waals surface area (Å²) in [5.74, 6) is 1.00. The molecule has 2 bridgehead atoms. The predicted octanol–water partition coefficient (Wildman–Crippen LogP) is 5.14. The number of anilines is 2. The Morgan fingerprint density at radius 1 is 0.784 bits per heavy atom. The van der Waals surface area contributed by atoms with E-state index in [2.05, 4.69) is 44.7 Å². The first kappa shape index (κ1) is 34.2. The normalized spacial score (nSPS) is 18.8. The fraction of sp³-hybridized carbons (Fsp3) is 0.375. The molecule has 0 aliphatic carbocycles. The van der Waals surface area contributed by atoms with Crippen molar-refractivity contribution in [1.29, 1.82) is 0 Å². The Hall–Kier alpha value is -5.29. The molecule has 3 aromatic carbocycles. The number of hydrogen-bond donors (Lipinski definition) is 2. The third kappa shape index (κ3) is 7.30. The number of aromatic nitrogens is 1. The van der Waals surface area contributed by atoms with Gasteiger partial charge < -0.3 is 34.3 Å². The van der Waals surface area contributed by atoms with Crippen LogP contribution in [-0.4, -0.2) is 74.8 Å². The monoisotopic (exact) mass is 691 g/mol. The smallest absolute Gasteiger partial charge is 0.255 e. The Morgan fingerprint density at radius 2 is 1.53 bits per heavy atom. The number of hydrogen-bond acceptors (Lipinski definition) is 8. The molecule has 11 nitrogen and oxygen atoms in total. The summed E-state index contributed by atoms with van der Waals surface area (Å²) >= 11 is 0. The van der Waals surface area contributed by atoms with Crippen molar-refractivity contribution < 1.29 is 23.8 Å². The van der Waals surface area contributed by atoms with Gasteiger partial charge in [0, 0.05) is 74.1 Å². The Morgan fingerprint density at radius 3 is 2.24 bits per heavy atom. The van der Waals surface area contributed by atoms with Gasteiger partial charge >= 0.3 is 0 Å². The molecule has 2 N–H and O–H groups in total. The van der Waals surface area contributed by atoms with Crippen LogP contribution in [0.2, 0.25) is 0 Å². The highest BCUT2D eigenvalue weighted by atomic mass is 16.5. The van der Waals surface area contributed by atoms with Gasteiger partial charge in [0.25, 0.3) is 17.4 Å². The van der Waals surface area contributed by atoms with Gasteiger partial charge in [0.2, 0.25) is 5.75 Å². The molecular weight excluding hydrogens is 646 g/mol. The molecule has 3 aliphatic rings. The number of pyridine rings is 1. The van der Waals surface area contributed by atoms with E-state index in [9.17, 15) is 14.4 Å². The second kappa shape index (κ2) is 14.9. The van der Waals surface area contributed by atoms with Gasteiger partial charge in [-0.25, -0.2) is 0 Å². The third-order valence-corrected chi connectivity index (χ3v) is 10.4. The SMILES string of the molecule is COc1cc(C(=O)Nc2cc(C(=O)NC3CCN(Cc4ccccc4)CC3)ccc2N2CC3CC(C2)c2cccc(=O)n2C3)cc(OC)c1OC. The number of rotatable bonds is 10. The van der Waals surface area contributed by atoms with Crippen LogP contribution in [-0.2, 0) is 13.1 Å². The van der Waals surface area contributed by atoms with Crippen LogP contribution in [0.25, 0.3) is 0 Å². The largest absolute Gasteiger partial charge is 0.493 e. The van der Waals surface area contributed by atoms with E-state index in [1.165, 1.54) is 26.9 Å². The van der Waals surface area contributed by atoms with Crippen molar-refractivity contribution in [3.63, 3.8) is 0 Å². The zero-order valence-corrected chi connectivity index (χ0v) is 29.4. The lowest BCUT2D eigenvalue weighted by Crippen LogP contribution is -2.47. The minimum Gasteiger partial charge on any atom is -0.493 e. The van der Waals surface area contributed by atoms with E-state index < -0.39 is 0 Å². The van der Waals surface area contributed by atoms with Crippen molar-refractivity contribution in [2.75, 3.05) is 57.7 Å². The van der Waals surface area contributed by atoms with Gasteiger partial charge in [-0.3, -0.25) is 19.3 Å². The van der Waals surface area contributed by atoms with E-state index in [1.807, 2.05) is 34.9 Å². The van der Waals surface area contributed by atoms with Gasteiger partial charge in [-0.15, -0.1) is 0 Å². The fourth-order valence-corrected chi connectivity index (χ4v) is 7.90. The summed E-state index contributed by atoms with van der Waals surface area (Å²) in [6.45, 7) is 4.76. The van der Waals surface area contributed by atoms with Crippen molar-refractivity contribution in [2.24, 2.45) is 5.92 Å². The van der Waals surface area contributed by atoms with Crippen LogP contribution in [0.15, 0.2) is 83.7 Å². The molecule has 51 heavy (non-hydrogen) atoms. The van der Waals surface area contributed by atoms with Crippen molar-refractivity contribution in [2.45, 2.75) is 44.3 Å². The average molecular weight is 692 g/mol. The summed E-state index contributed by atoms with van der Waals surface area (Å²) in [6.07, 6.45) is 2.72. The first-order valence-electron chi connectivity index (χ1n) is 17.6. The maximum atomic E-state index is 13.9. The molecule has 2 unspecified atom stereocenters. The number of amides is 2. The van der Waals surface area contributed by atoms with E-state index in [0.29, 0.717) is 47.2 Å². The lowest BCUT2D eigenvalue weighted by molar-refractivity contribution is 0.0908. The number of methoxy groups -OCH3 is 3. The topological polar surface area (TPSA) is 114 Å². The molecule has 2 amide bonds. The second-order valence-corrected chi connectivity index (χ2v) is 13.7. The van der Waals surface area contributed by atoms with Gasteiger partial charge in [-0.2, -0.15) is 0 Å². The Labute approximate surface area is 298 Å². The number of nitrogens with one attached hydrogen (secondary N) is 2. The van der Waals surface area contributed by atoms with Gasteiger partial charge in [0.15, 0.2) is 11.5 Å². The minimum atomic E-state index is -0.382. The number of fused-ring (bicyclic) bond motifs is 4. The molecule has 2 saturated heterocycles. The molecule has 0 spiro atoms. The summed E-state index contributed by atoms with van der Waals surface area (Å²) in [6, 6.07) is 24.8. The number of likely N-dealkylation sites (tertiary alicyclic amines) is 1. The van der Waals surface area contributed by atoms with Crippen molar-refractivity contribution in [1.82, 2.24) is 14.8 Å². The molecule has 2 atom stereocenters. The molecule has 7 rings (SSSR count). The highest BCUT2D eigenvalue weighted by Gasteiger charge is 2.35. The summed E-state index contributed by atoms with van der Waals surface area (Å²) < 4.78 is 18.4. The maximum Gasteiger partial charge on any atom is 0.255 e. The quantitative estimate of drug-likeness (QED) is 0.235. The maximum absolute atomic E-state index is 13.9. The molecular formula is C40H45N5O6. The molecule has 4 aromatic rings. The van der Waals surface area contributed by atoms with Crippen LogP contribution in [0.5, 0.6) is 17.2 Å². The highest BCUT2D eigenvalue weighted by Crippen LogP contribution is 2.41. The van der Waals surface area contributed by atoms with E-state index >= 15 is 0 Å². The predicted molar refractivity (Wildman–Crippen MR) is 196 cm³/mol. The van der Waals surface area contributed by atoms with Crippen LogP contribution in [0.3, 0.4) is 0 Å². The third-order valence-electron chi connectivity index (χ3n) is 10.4. The van der Waals surface area contributed by atoms with Gasteiger partial charge in [0.1, 0.15) is 0 Å². The number of piperidine rings is 2. The van der Waals surface area contributed by atoms with E-state index in [1.54, 1.807) is 24.3 Å². The van der Waals surface area contributed by atoms with Crippen molar-refractivity contribution in [3.05, 3.63) is 112 Å². The number of nitrogens with zero attached hydrogens (tertiary/aromatic N) is 3. The van der Waals surface area contributed by atoms with Crippen LogP contribution < -0.4 is 35.3 Å². The average Bonchev–Trinajstić information content (AvgIpc) is 3.15. The first-order chi connectivity index (χ1) is 24.8. The van der Waals surface area contributed by atoms with Gasteiger partial charge in [-0.05, 0) is 67.1 Å². The lowest BCUT2D eigenvalue weighted by atomic mass is 9.83. The number of benzene rings is 3. The van der Waals surface area contributed by atoms with Gasteiger partial charge in [-0.1, -0.05) is 36.4 Å². The summed E-state index contributed by atoms with van der Waals surface area (Å²) in [5, 5.41) is 6.36. The van der Waals surface area contributed by atoms with Gasteiger partial charge in [0.05, 0.1) is 32.7 Å². The Bertz CT molecular complexity index is 1930. The van der Waals surface area contributed by atoms with Crippen LogP contribution in [0.1, 0.15) is 57.2 Å². The molecule has 266 valence electrons. The standard InChI is InChI=1S/C40H45N5O6/c1-49-35-20-29(21-36(50-2)38(35)51-3)40(48)42-32-19-28(39(47)41-31-14-16-43(17-15-31)22-26-8-5-4-6-9-26)12-13-34(32)44-23-27-18-30(25-44)33-10-7-11-37(46)45(33)24-27/h4-13,19-21,27,30-31H,14-18,22-25H2,1-3H3,(H,41,47)(H,42,48). The summed E-state index contributed by atoms with van der Waals surface area (Å²) in [7, 11) is 4.53. The number of carbonyl (C=O) groups is 2. The molecule has 0 saturated carbocycles. The van der Waals surface area contributed by atoms with E-state index in [-0.39, 0.29) is 35.3 Å². The van der Waals surface area contributed by atoms with E-state index in [0.717, 1.165) is 56.8 Å². The lowest BCUT2D eigenvalue weighted by Gasteiger charge is -2.44. The first-order valence-corrected chi connectivity index (χ1v) is 17.6. The molecule has 0 radical (unpaired) electrons. The van der Waals surface area contributed by atoms with Crippen LogP contribution >= 0.6 is 0 Å². The van der Waals surface area contributed by atoms with Crippen LogP contribution in [0.4, 0.5) is 11.4 Å². The minimum absolute atomic E-state index is 0.0335. The number of ether oxygens (including phenoxy) is 3. The molecule has 11 heteroatoms. The number of carbonyl (C=O) groups excluding carboxylic acids is 2. The van der Waals surface area contributed by atoms with Crippen LogP contribution in [0, 0.1) is 5.92 Å². The van der Waals surface area contributed by atoms with E-state index in [4.69, 9.17) is 14.2 Å². The summed E-state index contributed by atoms with van der Waals surface area (Å²) in [5.41, 5.74) is 4.50. The second-order valence-electron chi connectivity index (χ2n) is 13.7. The zero-order valence-electron chi connectivity index (χ0n) is 29.4. The summed E-state index contributed by atoms with van der Waals surface area (Å²) in [4.78, 5) is 45.0. The Kier molecular flexibility index (Phi) is 9.99. The fourth-order valence-electron chi connectivity index (χ4n) is 7.90. The van der Waals surface area contributed by atoms with Crippen molar-refractivity contribution in [3.8, 4) is 17.2 Å². The highest BCUT2D eigenvalue weighted by molar-refractivity contribution is 6.08. The zero-order chi connectivity index (χ0) is 35.5. The Balaban J connectivity index is 1.13. The molecule has 1 aromatic heterocycles. The van der Waals surface area contributed by atoms with Crippen molar-refractivity contribution >= 4 is 23.2 Å².